The van der Waals surface area contributed by atoms with Crippen LogP contribution in [-0.4, -0.2) is 30.3 Å². The maximum atomic E-state index is 12.5. The highest BCUT2D eigenvalue weighted by Crippen LogP contribution is 2.43. The Kier molecular flexibility index (Phi) is 4.63. The van der Waals surface area contributed by atoms with Crippen LogP contribution in [0, 0.1) is 0 Å². The van der Waals surface area contributed by atoms with Crippen molar-refractivity contribution >= 4 is 33.2 Å². The summed E-state index contributed by atoms with van der Waals surface area (Å²) < 4.78 is 17.2. The van der Waals surface area contributed by atoms with Gasteiger partial charge < -0.3 is 24.6 Å². The Morgan fingerprint density at radius 2 is 1.94 bits per heavy atom. The molecule has 3 aromatic carbocycles. The lowest BCUT2D eigenvalue weighted by atomic mass is 10.1. The van der Waals surface area contributed by atoms with E-state index >= 15 is 0 Å². The molecule has 0 spiro atoms. The Bertz CT molecular complexity index is 1280. The molecule has 31 heavy (non-hydrogen) atoms. The fraction of sp³-hybridized carbons (Fsp3) is 0.130. The van der Waals surface area contributed by atoms with E-state index < -0.39 is 12.2 Å². The van der Waals surface area contributed by atoms with E-state index in [0.717, 1.165) is 15.2 Å². The SMILES string of the molecule is COc1ccc2c(c1OC)C(=O)OC2Nc1ccc(-c2nc3ccccc3s2)c(O)c1. The topological polar surface area (TPSA) is 89.9 Å². The summed E-state index contributed by atoms with van der Waals surface area (Å²) in [6.45, 7) is 0. The molecule has 0 amide bonds. The molecule has 1 atom stereocenters. The highest BCUT2D eigenvalue weighted by molar-refractivity contribution is 7.21. The third kappa shape index (κ3) is 3.21. The normalized spacial score (nSPS) is 14.9. The van der Waals surface area contributed by atoms with E-state index in [1.165, 1.54) is 25.6 Å². The van der Waals surface area contributed by atoms with E-state index in [4.69, 9.17) is 14.2 Å². The number of phenolic OH excluding ortho intramolecular Hbond substituents is 1. The van der Waals surface area contributed by atoms with Gasteiger partial charge in [0.15, 0.2) is 11.5 Å². The van der Waals surface area contributed by atoms with Crippen molar-refractivity contribution < 1.29 is 24.1 Å². The average molecular weight is 434 g/mol. The van der Waals surface area contributed by atoms with Crippen LogP contribution in [0.3, 0.4) is 0 Å². The number of nitrogens with zero attached hydrogens (tertiary/aromatic N) is 1. The number of carbonyl (C=O) groups excluding carboxylic acids is 1. The number of cyclic esters (lactones) is 1. The van der Waals surface area contributed by atoms with Crippen LogP contribution < -0.4 is 14.8 Å². The molecule has 0 saturated carbocycles. The molecule has 5 rings (SSSR count). The minimum Gasteiger partial charge on any atom is -0.507 e. The van der Waals surface area contributed by atoms with Gasteiger partial charge >= 0.3 is 5.97 Å². The molecule has 8 heteroatoms. The smallest absolute Gasteiger partial charge is 0.344 e. The number of esters is 1. The van der Waals surface area contributed by atoms with Gasteiger partial charge in [0.05, 0.1) is 30.0 Å². The van der Waals surface area contributed by atoms with Crippen molar-refractivity contribution in [3.05, 3.63) is 65.7 Å². The van der Waals surface area contributed by atoms with Crippen molar-refractivity contribution in [3.8, 4) is 27.8 Å². The molecule has 1 aromatic heterocycles. The number of fused-ring (bicyclic) bond motifs is 2. The molecule has 1 aliphatic heterocycles. The molecule has 2 heterocycles. The molecule has 0 saturated heterocycles. The minimum atomic E-state index is -0.713. The van der Waals surface area contributed by atoms with Gasteiger partial charge in [-0.25, -0.2) is 9.78 Å². The van der Waals surface area contributed by atoms with Gasteiger partial charge in [-0.2, -0.15) is 0 Å². The Morgan fingerprint density at radius 1 is 1.10 bits per heavy atom. The van der Waals surface area contributed by atoms with Crippen LogP contribution in [0.15, 0.2) is 54.6 Å². The zero-order chi connectivity index (χ0) is 21.5. The van der Waals surface area contributed by atoms with Crippen LogP contribution >= 0.6 is 11.3 Å². The first kappa shape index (κ1) is 19.2. The second kappa shape index (κ2) is 7.48. The molecule has 0 radical (unpaired) electrons. The Labute approximate surface area is 181 Å². The number of carbonyl (C=O) groups is 1. The van der Waals surface area contributed by atoms with Crippen molar-refractivity contribution in [2.45, 2.75) is 6.23 Å². The van der Waals surface area contributed by atoms with Gasteiger partial charge in [0.25, 0.3) is 0 Å². The number of aromatic hydroxyl groups is 1. The maximum absolute atomic E-state index is 12.5. The molecule has 1 aliphatic rings. The maximum Gasteiger partial charge on any atom is 0.344 e. The molecule has 0 fully saturated rings. The number of nitrogens with one attached hydrogen (secondary N) is 1. The molecule has 1 unspecified atom stereocenters. The summed E-state index contributed by atoms with van der Waals surface area (Å²) in [6, 6.07) is 16.5. The molecule has 4 aromatic rings. The molecule has 156 valence electrons. The Balaban J connectivity index is 1.44. The van der Waals surface area contributed by atoms with Crippen LogP contribution in [0.25, 0.3) is 20.8 Å². The molecule has 2 N–H and O–H groups in total. The lowest BCUT2D eigenvalue weighted by Gasteiger charge is -2.16. The van der Waals surface area contributed by atoms with Crippen molar-refractivity contribution in [2.24, 2.45) is 0 Å². The largest absolute Gasteiger partial charge is 0.507 e. The fourth-order valence-electron chi connectivity index (χ4n) is 3.65. The van der Waals surface area contributed by atoms with Gasteiger partial charge in [-0.15, -0.1) is 11.3 Å². The van der Waals surface area contributed by atoms with Crippen molar-refractivity contribution in [1.29, 1.82) is 0 Å². The van der Waals surface area contributed by atoms with E-state index in [0.29, 0.717) is 33.9 Å². The third-order valence-electron chi connectivity index (χ3n) is 5.11. The number of rotatable bonds is 5. The molecule has 7 nitrogen and oxygen atoms in total. The number of thiazole rings is 1. The predicted octanol–water partition coefficient (Wildman–Crippen LogP) is 4.97. The lowest BCUT2D eigenvalue weighted by molar-refractivity contribution is 0.0435. The predicted molar refractivity (Wildman–Crippen MR) is 118 cm³/mol. The van der Waals surface area contributed by atoms with E-state index in [1.807, 2.05) is 30.3 Å². The number of hydrogen-bond donors (Lipinski definition) is 2. The first-order valence-electron chi connectivity index (χ1n) is 9.50. The molecular formula is C23H18N2O5S. The lowest BCUT2D eigenvalue weighted by Crippen LogP contribution is -2.10. The highest BCUT2D eigenvalue weighted by Gasteiger charge is 2.36. The van der Waals surface area contributed by atoms with Gasteiger partial charge in [-0.1, -0.05) is 12.1 Å². The Hall–Kier alpha value is -3.78. The monoisotopic (exact) mass is 434 g/mol. The van der Waals surface area contributed by atoms with Gasteiger partial charge in [-0.3, -0.25) is 0 Å². The van der Waals surface area contributed by atoms with Gasteiger partial charge in [0, 0.05) is 17.3 Å². The zero-order valence-corrected chi connectivity index (χ0v) is 17.5. The first-order valence-corrected chi connectivity index (χ1v) is 10.3. The second-order valence-electron chi connectivity index (χ2n) is 6.91. The summed E-state index contributed by atoms with van der Waals surface area (Å²) in [5.74, 6) is 0.375. The van der Waals surface area contributed by atoms with Gasteiger partial charge in [0.1, 0.15) is 16.3 Å². The van der Waals surface area contributed by atoms with Crippen LogP contribution in [0.1, 0.15) is 22.1 Å². The number of ether oxygens (including phenoxy) is 3. The number of hydrogen-bond acceptors (Lipinski definition) is 8. The summed E-state index contributed by atoms with van der Waals surface area (Å²) in [5, 5.41) is 14.5. The average Bonchev–Trinajstić information content (AvgIpc) is 3.34. The van der Waals surface area contributed by atoms with E-state index in [2.05, 4.69) is 10.3 Å². The van der Waals surface area contributed by atoms with E-state index in [1.54, 1.807) is 24.3 Å². The molecule has 0 bridgehead atoms. The number of benzene rings is 3. The third-order valence-corrected chi connectivity index (χ3v) is 6.18. The van der Waals surface area contributed by atoms with Crippen LogP contribution in [0.5, 0.6) is 17.2 Å². The number of phenols is 1. The van der Waals surface area contributed by atoms with Crippen molar-refractivity contribution in [1.82, 2.24) is 4.98 Å². The first-order chi connectivity index (χ1) is 15.1. The summed E-state index contributed by atoms with van der Waals surface area (Å²) in [4.78, 5) is 17.0. The van der Waals surface area contributed by atoms with E-state index in [9.17, 15) is 9.90 Å². The number of anilines is 1. The zero-order valence-electron chi connectivity index (χ0n) is 16.7. The van der Waals surface area contributed by atoms with Crippen LogP contribution in [0.4, 0.5) is 5.69 Å². The van der Waals surface area contributed by atoms with Crippen LogP contribution in [-0.2, 0) is 4.74 Å². The van der Waals surface area contributed by atoms with Crippen molar-refractivity contribution in [2.75, 3.05) is 19.5 Å². The van der Waals surface area contributed by atoms with Gasteiger partial charge in [0.2, 0.25) is 6.23 Å². The number of para-hydroxylation sites is 1. The highest BCUT2D eigenvalue weighted by atomic mass is 32.1. The summed E-state index contributed by atoms with van der Waals surface area (Å²) in [6.07, 6.45) is -0.713. The van der Waals surface area contributed by atoms with Crippen LogP contribution in [0.2, 0.25) is 0 Å². The Morgan fingerprint density at radius 3 is 2.68 bits per heavy atom. The second-order valence-corrected chi connectivity index (χ2v) is 7.94. The molecular weight excluding hydrogens is 416 g/mol. The van der Waals surface area contributed by atoms with E-state index in [-0.39, 0.29) is 5.75 Å². The number of aromatic nitrogens is 1. The fourth-order valence-corrected chi connectivity index (χ4v) is 4.65. The quantitative estimate of drug-likeness (QED) is 0.429. The minimum absolute atomic E-state index is 0.0842. The summed E-state index contributed by atoms with van der Waals surface area (Å²) >= 11 is 1.52. The van der Waals surface area contributed by atoms with Crippen molar-refractivity contribution in [3.63, 3.8) is 0 Å². The molecule has 0 aliphatic carbocycles. The standard InChI is InChI=1S/C23H18N2O5S/c1-28-17-10-9-14-19(20(17)29-2)23(27)30-21(14)24-12-7-8-13(16(26)11-12)22-25-15-5-3-4-6-18(15)31-22/h3-11,21,24,26H,1-2H3. The number of methoxy groups -OCH3 is 2. The summed E-state index contributed by atoms with van der Waals surface area (Å²) in [7, 11) is 2.99. The van der Waals surface area contributed by atoms with Gasteiger partial charge in [-0.05, 0) is 36.4 Å². The summed E-state index contributed by atoms with van der Waals surface area (Å²) in [5.41, 5.74) is 3.10.